The monoisotopic (exact) mass is 149 g/mol. The third-order valence-corrected chi connectivity index (χ3v) is 0.822. The molecule has 0 amide bonds. The Morgan fingerprint density at radius 2 is 2.20 bits per heavy atom. The Labute approximate surface area is 58.4 Å². The van der Waals surface area contributed by atoms with Crippen molar-refractivity contribution in [1.82, 2.24) is 0 Å². The Bertz CT molecular complexity index is 106. The average molecular weight is 149 g/mol. The molecule has 0 rings (SSSR count). The van der Waals surface area contributed by atoms with Gasteiger partial charge in [-0.3, -0.25) is 0 Å². The fraction of sp³-hybridized carbons (Fsp3) is 0.800. The van der Waals surface area contributed by atoms with Gasteiger partial charge in [-0.1, -0.05) is 0 Å². The second-order valence-electron chi connectivity index (χ2n) is 1.78. The molecule has 10 heavy (non-hydrogen) atoms. The van der Waals surface area contributed by atoms with Crippen molar-refractivity contribution < 1.29 is 19.7 Å². The Kier molecular flexibility index (Phi) is 4.82. The van der Waals surface area contributed by atoms with E-state index in [0.717, 1.165) is 0 Å². The van der Waals surface area contributed by atoms with Gasteiger partial charge < -0.3 is 20.7 Å². The van der Waals surface area contributed by atoms with E-state index in [9.17, 15) is 4.79 Å². The van der Waals surface area contributed by atoms with Crippen LogP contribution in [0, 0.1) is 0 Å². The lowest BCUT2D eigenvalue weighted by atomic mass is 10.4. The molecule has 0 saturated heterocycles. The van der Waals surface area contributed by atoms with Gasteiger partial charge in [0, 0.05) is 0 Å². The van der Waals surface area contributed by atoms with Crippen LogP contribution in [0.4, 0.5) is 0 Å². The fourth-order valence-corrected chi connectivity index (χ4v) is 0.298. The molecule has 0 saturated carbocycles. The highest BCUT2D eigenvalue weighted by Gasteiger charge is 2.03. The van der Waals surface area contributed by atoms with Crippen LogP contribution in [0.1, 0.15) is 0 Å². The second-order valence-corrected chi connectivity index (χ2v) is 1.78. The molecule has 0 radical (unpaired) electrons. The number of hydrogen-bond donors (Lipinski definition) is 3. The van der Waals surface area contributed by atoms with Crippen LogP contribution in [0.15, 0.2) is 0 Å². The van der Waals surface area contributed by atoms with Crippen molar-refractivity contribution in [3.05, 3.63) is 0 Å². The number of carbonyl (C=O) groups is 1. The van der Waals surface area contributed by atoms with Gasteiger partial charge in [0.2, 0.25) is 0 Å². The summed E-state index contributed by atoms with van der Waals surface area (Å²) < 4.78 is 4.37. The third-order valence-electron chi connectivity index (χ3n) is 0.822. The van der Waals surface area contributed by atoms with Crippen molar-refractivity contribution in [2.75, 3.05) is 19.8 Å². The molecule has 5 nitrogen and oxygen atoms in total. The zero-order valence-electron chi connectivity index (χ0n) is 5.49. The molecule has 0 spiro atoms. The van der Waals surface area contributed by atoms with Crippen LogP contribution in [0.25, 0.3) is 0 Å². The first-order valence-corrected chi connectivity index (χ1v) is 2.83. The number of aliphatic hydroxyl groups is 2. The summed E-state index contributed by atoms with van der Waals surface area (Å²) in [5.41, 5.74) is 5.17. The molecule has 0 bridgehead atoms. The molecular weight excluding hydrogens is 138 g/mol. The molecule has 1 atom stereocenters. The number of hydrogen-bond acceptors (Lipinski definition) is 5. The average Bonchev–Trinajstić information content (AvgIpc) is 1.99. The summed E-state index contributed by atoms with van der Waals surface area (Å²) in [5.74, 6) is -0.732. The van der Waals surface area contributed by atoms with Crippen LogP contribution < -0.4 is 5.73 Å². The minimum absolute atomic E-state index is 0.0596. The topological polar surface area (TPSA) is 92.8 Å². The Balaban J connectivity index is 3.26. The SMILES string of the molecule is NC(CO)COC(=O)CO. The zero-order valence-corrected chi connectivity index (χ0v) is 5.49. The van der Waals surface area contributed by atoms with Gasteiger partial charge in [-0.05, 0) is 0 Å². The van der Waals surface area contributed by atoms with E-state index in [-0.39, 0.29) is 13.2 Å². The van der Waals surface area contributed by atoms with Gasteiger partial charge in [-0.2, -0.15) is 0 Å². The summed E-state index contributed by atoms with van der Waals surface area (Å²) in [5, 5.41) is 16.5. The summed E-state index contributed by atoms with van der Waals surface area (Å²) in [7, 11) is 0. The highest BCUT2D eigenvalue weighted by molar-refractivity contribution is 5.70. The van der Waals surface area contributed by atoms with E-state index < -0.39 is 18.6 Å². The van der Waals surface area contributed by atoms with Crippen molar-refractivity contribution in [1.29, 1.82) is 0 Å². The quantitative estimate of drug-likeness (QED) is 0.396. The van der Waals surface area contributed by atoms with Crippen LogP contribution in [-0.2, 0) is 9.53 Å². The highest BCUT2D eigenvalue weighted by atomic mass is 16.5. The van der Waals surface area contributed by atoms with E-state index >= 15 is 0 Å². The summed E-state index contributed by atoms with van der Waals surface area (Å²) >= 11 is 0. The minimum atomic E-state index is -0.732. The van der Waals surface area contributed by atoms with Crippen LogP contribution in [0.3, 0.4) is 0 Å². The van der Waals surface area contributed by atoms with Gasteiger partial charge >= 0.3 is 5.97 Å². The van der Waals surface area contributed by atoms with Crippen LogP contribution in [0.5, 0.6) is 0 Å². The normalized spacial score (nSPS) is 12.7. The van der Waals surface area contributed by atoms with E-state index in [1.807, 2.05) is 0 Å². The minimum Gasteiger partial charge on any atom is -0.462 e. The predicted molar refractivity (Wildman–Crippen MR) is 33.1 cm³/mol. The first kappa shape index (κ1) is 9.35. The Morgan fingerprint density at radius 3 is 2.60 bits per heavy atom. The molecule has 0 fully saturated rings. The maximum absolute atomic E-state index is 10.2. The molecule has 0 aromatic carbocycles. The molecule has 60 valence electrons. The van der Waals surface area contributed by atoms with Crippen molar-refractivity contribution >= 4 is 5.97 Å². The van der Waals surface area contributed by atoms with Crippen LogP contribution in [-0.4, -0.2) is 42.0 Å². The van der Waals surface area contributed by atoms with Gasteiger partial charge in [0.15, 0.2) is 0 Å². The Hall–Kier alpha value is -0.650. The van der Waals surface area contributed by atoms with E-state index in [1.165, 1.54) is 0 Å². The first-order chi connectivity index (χ1) is 4.70. The molecule has 0 aromatic rings. The smallest absolute Gasteiger partial charge is 0.331 e. The maximum Gasteiger partial charge on any atom is 0.331 e. The van der Waals surface area contributed by atoms with Gasteiger partial charge in [-0.25, -0.2) is 4.79 Å². The lowest BCUT2D eigenvalue weighted by Crippen LogP contribution is -2.31. The summed E-state index contributed by atoms with van der Waals surface area (Å²) in [6, 6.07) is -0.560. The van der Waals surface area contributed by atoms with Gasteiger partial charge in [-0.15, -0.1) is 0 Å². The highest BCUT2D eigenvalue weighted by Crippen LogP contribution is 1.80. The molecule has 5 heteroatoms. The lowest BCUT2D eigenvalue weighted by molar-refractivity contribution is -0.147. The summed E-state index contributed by atoms with van der Waals surface area (Å²) in [6.07, 6.45) is 0. The second kappa shape index (κ2) is 5.16. The number of aliphatic hydroxyl groups excluding tert-OH is 2. The molecule has 0 aliphatic heterocycles. The molecular formula is C5H11NO4. The van der Waals surface area contributed by atoms with E-state index in [1.54, 1.807) is 0 Å². The van der Waals surface area contributed by atoms with E-state index in [4.69, 9.17) is 15.9 Å². The van der Waals surface area contributed by atoms with Crippen molar-refractivity contribution in [2.24, 2.45) is 5.73 Å². The number of carbonyl (C=O) groups excluding carboxylic acids is 1. The Morgan fingerprint density at radius 1 is 1.60 bits per heavy atom. The van der Waals surface area contributed by atoms with E-state index in [2.05, 4.69) is 4.74 Å². The number of ether oxygens (including phenoxy) is 1. The summed E-state index contributed by atoms with van der Waals surface area (Å²) in [4.78, 5) is 10.2. The molecule has 1 unspecified atom stereocenters. The molecule has 0 aliphatic rings. The molecule has 4 N–H and O–H groups in total. The zero-order chi connectivity index (χ0) is 7.98. The fourth-order valence-electron chi connectivity index (χ4n) is 0.298. The standard InChI is InChI=1S/C5H11NO4/c6-4(1-7)3-10-5(9)2-8/h4,7-8H,1-3,6H2. The van der Waals surface area contributed by atoms with Crippen LogP contribution in [0.2, 0.25) is 0 Å². The van der Waals surface area contributed by atoms with Gasteiger partial charge in [0.25, 0.3) is 0 Å². The number of esters is 1. The predicted octanol–water partition coefficient (Wildman–Crippen LogP) is -2.16. The van der Waals surface area contributed by atoms with Crippen molar-refractivity contribution in [3.8, 4) is 0 Å². The number of nitrogens with two attached hydrogens (primary N) is 1. The van der Waals surface area contributed by atoms with Crippen LogP contribution >= 0.6 is 0 Å². The maximum atomic E-state index is 10.2. The van der Waals surface area contributed by atoms with Gasteiger partial charge in [0.1, 0.15) is 13.2 Å². The molecule has 0 aliphatic carbocycles. The van der Waals surface area contributed by atoms with Crippen molar-refractivity contribution in [2.45, 2.75) is 6.04 Å². The van der Waals surface area contributed by atoms with Crippen molar-refractivity contribution in [3.63, 3.8) is 0 Å². The first-order valence-electron chi connectivity index (χ1n) is 2.83. The van der Waals surface area contributed by atoms with E-state index in [0.29, 0.717) is 0 Å². The molecule has 0 aromatic heterocycles. The van der Waals surface area contributed by atoms with Gasteiger partial charge in [0.05, 0.1) is 12.6 Å². The lowest BCUT2D eigenvalue weighted by Gasteiger charge is -2.07. The number of rotatable bonds is 4. The summed E-state index contributed by atoms with van der Waals surface area (Å²) in [6.45, 7) is -0.952. The largest absolute Gasteiger partial charge is 0.462 e. The molecule has 0 heterocycles. The third kappa shape index (κ3) is 4.25.